The van der Waals surface area contributed by atoms with Crippen molar-refractivity contribution in [2.24, 2.45) is 5.92 Å². The van der Waals surface area contributed by atoms with Crippen LogP contribution in [0.2, 0.25) is 0 Å². The Kier molecular flexibility index (Phi) is 5.52. The molecule has 22 heavy (non-hydrogen) atoms. The van der Waals surface area contributed by atoms with Crippen LogP contribution in [0.15, 0.2) is 24.3 Å². The van der Waals surface area contributed by atoms with Gasteiger partial charge in [0.1, 0.15) is 5.82 Å². The molecule has 0 saturated carbocycles. The number of hydrogen-bond donors (Lipinski definition) is 1. The molecule has 1 aromatic carbocycles. The highest BCUT2D eigenvalue weighted by atomic mass is 19.1. The fraction of sp³-hybridized carbons (Fsp3) is 0.529. The monoisotopic (exact) mass is 306 g/mol. The van der Waals surface area contributed by atoms with Crippen molar-refractivity contribution in [3.63, 3.8) is 0 Å². The Balaban J connectivity index is 1.84. The first-order valence-corrected chi connectivity index (χ1v) is 7.82. The van der Waals surface area contributed by atoms with Gasteiger partial charge in [-0.1, -0.05) is 19.1 Å². The molecule has 1 aromatic rings. The van der Waals surface area contributed by atoms with Crippen LogP contribution in [0.3, 0.4) is 0 Å². The quantitative estimate of drug-likeness (QED) is 0.875. The fourth-order valence-electron chi connectivity index (χ4n) is 2.54. The van der Waals surface area contributed by atoms with E-state index in [0.29, 0.717) is 19.5 Å². The lowest BCUT2D eigenvalue weighted by atomic mass is 10.1. The standard InChI is InChI=1S/C17H23FN2O2/c1-3-12(2)19-17(22)14-10-16(21)20(11-14)9-8-13-4-6-15(18)7-5-13/h4-7,12,14H,3,8-11H2,1-2H3,(H,19,22)/t12-,14+/m0/s1. The number of halogens is 1. The summed E-state index contributed by atoms with van der Waals surface area (Å²) in [6.45, 7) is 5.01. The van der Waals surface area contributed by atoms with Crippen molar-refractivity contribution in [1.29, 1.82) is 0 Å². The van der Waals surface area contributed by atoms with Gasteiger partial charge in [-0.15, -0.1) is 0 Å². The van der Waals surface area contributed by atoms with Gasteiger partial charge in [-0.3, -0.25) is 9.59 Å². The molecule has 1 heterocycles. The summed E-state index contributed by atoms with van der Waals surface area (Å²) in [6.07, 6.45) is 1.83. The molecule has 1 saturated heterocycles. The number of carbonyl (C=O) groups excluding carboxylic acids is 2. The van der Waals surface area contributed by atoms with Crippen molar-refractivity contribution in [1.82, 2.24) is 10.2 Å². The molecule has 1 fully saturated rings. The Morgan fingerprint density at radius 2 is 2.09 bits per heavy atom. The SMILES string of the molecule is CC[C@H](C)NC(=O)[C@@H]1CC(=O)N(CCc2ccc(F)cc2)C1. The Morgan fingerprint density at radius 1 is 1.41 bits per heavy atom. The molecule has 2 atom stereocenters. The summed E-state index contributed by atoms with van der Waals surface area (Å²) in [4.78, 5) is 25.8. The maximum atomic E-state index is 12.9. The lowest BCUT2D eigenvalue weighted by molar-refractivity contribution is -0.129. The Hall–Kier alpha value is -1.91. The number of carbonyl (C=O) groups is 2. The highest BCUT2D eigenvalue weighted by Crippen LogP contribution is 2.19. The predicted octanol–water partition coefficient (Wildman–Crippen LogP) is 2.13. The van der Waals surface area contributed by atoms with E-state index in [-0.39, 0.29) is 36.0 Å². The first kappa shape index (κ1) is 16.5. The molecular formula is C17H23FN2O2. The molecule has 5 heteroatoms. The normalized spacial score (nSPS) is 19.3. The van der Waals surface area contributed by atoms with Crippen LogP contribution >= 0.6 is 0 Å². The van der Waals surface area contributed by atoms with Gasteiger partial charge in [0.05, 0.1) is 5.92 Å². The van der Waals surface area contributed by atoms with Crippen molar-refractivity contribution < 1.29 is 14.0 Å². The first-order chi connectivity index (χ1) is 10.5. The summed E-state index contributed by atoms with van der Waals surface area (Å²) in [6, 6.07) is 6.43. The number of nitrogens with one attached hydrogen (secondary N) is 1. The van der Waals surface area contributed by atoms with E-state index in [1.807, 2.05) is 13.8 Å². The molecule has 1 aliphatic heterocycles. The Bertz CT molecular complexity index is 530. The third kappa shape index (κ3) is 4.29. The number of nitrogens with zero attached hydrogens (tertiary/aromatic N) is 1. The molecule has 2 amide bonds. The van der Waals surface area contributed by atoms with E-state index in [1.165, 1.54) is 12.1 Å². The van der Waals surface area contributed by atoms with Crippen LogP contribution in [0.5, 0.6) is 0 Å². The summed E-state index contributed by atoms with van der Waals surface area (Å²) >= 11 is 0. The molecule has 0 radical (unpaired) electrons. The summed E-state index contributed by atoms with van der Waals surface area (Å²) in [5, 5.41) is 2.93. The molecule has 0 unspecified atom stereocenters. The molecule has 120 valence electrons. The van der Waals surface area contributed by atoms with Crippen molar-refractivity contribution in [3.05, 3.63) is 35.6 Å². The van der Waals surface area contributed by atoms with Crippen molar-refractivity contribution in [2.75, 3.05) is 13.1 Å². The third-order valence-electron chi connectivity index (χ3n) is 4.17. The predicted molar refractivity (Wildman–Crippen MR) is 82.7 cm³/mol. The zero-order chi connectivity index (χ0) is 16.1. The van der Waals surface area contributed by atoms with Crippen LogP contribution in [0.25, 0.3) is 0 Å². The van der Waals surface area contributed by atoms with Crippen molar-refractivity contribution in [2.45, 2.75) is 39.2 Å². The van der Waals surface area contributed by atoms with Crippen LogP contribution < -0.4 is 5.32 Å². The second kappa shape index (κ2) is 7.38. The number of rotatable bonds is 6. The molecular weight excluding hydrogens is 283 g/mol. The molecule has 0 spiro atoms. The van der Waals surface area contributed by atoms with Gasteiger partial charge >= 0.3 is 0 Å². The minimum atomic E-state index is -0.261. The minimum Gasteiger partial charge on any atom is -0.353 e. The summed E-state index contributed by atoms with van der Waals surface area (Å²) < 4.78 is 12.9. The number of amides is 2. The van der Waals surface area contributed by atoms with E-state index >= 15 is 0 Å². The van der Waals surface area contributed by atoms with E-state index in [1.54, 1.807) is 17.0 Å². The summed E-state index contributed by atoms with van der Waals surface area (Å²) in [7, 11) is 0. The van der Waals surface area contributed by atoms with Crippen molar-refractivity contribution in [3.8, 4) is 0 Å². The number of benzene rings is 1. The molecule has 4 nitrogen and oxygen atoms in total. The summed E-state index contributed by atoms with van der Waals surface area (Å²) in [5.41, 5.74) is 0.988. The van der Waals surface area contributed by atoms with Gasteiger partial charge in [-0.25, -0.2) is 4.39 Å². The molecule has 0 bridgehead atoms. The minimum absolute atomic E-state index is 0.0198. The molecule has 1 N–H and O–H groups in total. The molecule has 0 aromatic heterocycles. The maximum Gasteiger partial charge on any atom is 0.225 e. The second-order valence-corrected chi connectivity index (χ2v) is 5.94. The maximum absolute atomic E-state index is 12.9. The van der Waals surface area contributed by atoms with Crippen LogP contribution in [-0.4, -0.2) is 35.8 Å². The lowest BCUT2D eigenvalue weighted by Gasteiger charge is -2.18. The molecule has 1 aliphatic rings. The third-order valence-corrected chi connectivity index (χ3v) is 4.17. The fourth-order valence-corrected chi connectivity index (χ4v) is 2.54. The van der Waals surface area contributed by atoms with Gasteiger partial charge in [0.2, 0.25) is 11.8 Å². The van der Waals surface area contributed by atoms with E-state index in [4.69, 9.17) is 0 Å². The Morgan fingerprint density at radius 3 is 2.73 bits per heavy atom. The topological polar surface area (TPSA) is 49.4 Å². The largest absolute Gasteiger partial charge is 0.353 e. The number of likely N-dealkylation sites (tertiary alicyclic amines) is 1. The lowest BCUT2D eigenvalue weighted by Crippen LogP contribution is -2.38. The average molecular weight is 306 g/mol. The zero-order valence-corrected chi connectivity index (χ0v) is 13.1. The van der Waals surface area contributed by atoms with E-state index in [2.05, 4.69) is 5.32 Å². The number of hydrogen-bond acceptors (Lipinski definition) is 2. The van der Waals surface area contributed by atoms with Crippen LogP contribution in [-0.2, 0) is 16.0 Å². The first-order valence-electron chi connectivity index (χ1n) is 7.82. The summed E-state index contributed by atoms with van der Waals surface area (Å²) in [5.74, 6) is -0.532. The van der Waals surface area contributed by atoms with E-state index in [0.717, 1.165) is 12.0 Å². The molecule has 0 aliphatic carbocycles. The smallest absolute Gasteiger partial charge is 0.225 e. The van der Waals surface area contributed by atoms with Gasteiger partial charge in [-0.05, 0) is 37.5 Å². The van der Waals surface area contributed by atoms with Crippen LogP contribution in [0.1, 0.15) is 32.3 Å². The van der Waals surface area contributed by atoms with E-state index < -0.39 is 0 Å². The van der Waals surface area contributed by atoms with Gasteiger partial charge in [0.15, 0.2) is 0 Å². The molecule has 2 rings (SSSR count). The van der Waals surface area contributed by atoms with Gasteiger partial charge < -0.3 is 10.2 Å². The Labute approximate surface area is 130 Å². The van der Waals surface area contributed by atoms with Gasteiger partial charge in [0, 0.05) is 25.6 Å². The highest BCUT2D eigenvalue weighted by molar-refractivity contribution is 5.89. The highest BCUT2D eigenvalue weighted by Gasteiger charge is 2.34. The van der Waals surface area contributed by atoms with Crippen molar-refractivity contribution >= 4 is 11.8 Å². The van der Waals surface area contributed by atoms with E-state index in [9.17, 15) is 14.0 Å². The van der Waals surface area contributed by atoms with Crippen LogP contribution in [0, 0.1) is 11.7 Å². The second-order valence-electron chi connectivity index (χ2n) is 5.94. The average Bonchev–Trinajstić information content (AvgIpc) is 2.88. The zero-order valence-electron chi connectivity index (χ0n) is 13.1. The van der Waals surface area contributed by atoms with Crippen LogP contribution in [0.4, 0.5) is 4.39 Å². The van der Waals surface area contributed by atoms with Gasteiger partial charge in [-0.2, -0.15) is 0 Å². The van der Waals surface area contributed by atoms with Gasteiger partial charge in [0.25, 0.3) is 0 Å².